The van der Waals surface area contributed by atoms with Crippen LogP contribution in [0.3, 0.4) is 0 Å². The summed E-state index contributed by atoms with van der Waals surface area (Å²) >= 11 is 0. The molecule has 0 radical (unpaired) electrons. The number of aryl methyl sites for hydroxylation is 1. The molecule has 5 rings (SSSR count). The highest BCUT2D eigenvalue weighted by atomic mass is 16.5. The van der Waals surface area contributed by atoms with E-state index in [9.17, 15) is 9.59 Å². The molecule has 0 aliphatic rings. The van der Waals surface area contributed by atoms with Crippen molar-refractivity contribution >= 4 is 22.6 Å². The first-order chi connectivity index (χ1) is 17.5. The minimum absolute atomic E-state index is 0.0795. The van der Waals surface area contributed by atoms with E-state index >= 15 is 0 Å². The van der Waals surface area contributed by atoms with Crippen LogP contribution in [0.5, 0.6) is 6.01 Å². The van der Waals surface area contributed by atoms with Gasteiger partial charge in [-0.3, -0.25) is 9.59 Å². The van der Waals surface area contributed by atoms with Gasteiger partial charge in [-0.1, -0.05) is 17.1 Å². The Morgan fingerprint density at radius 2 is 1.92 bits per heavy atom. The van der Waals surface area contributed by atoms with Crippen LogP contribution in [0.15, 0.2) is 70.4 Å². The summed E-state index contributed by atoms with van der Waals surface area (Å²) in [4.78, 5) is 38.5. The number of ether oxygens (including phenoxy) is 1. The predicted molar refractivity (Wildman–Crippen MR) is 129 cm³/mol. The number of fused-ring (bicyclic) bond motifs is 1. The Morgan fingerprint density at radius 1 is 1.08 bits per heavy atom. The van der Waals surface area contributed by atoms with Crippen molar-refractivity contribution in [1.29, 1.82) is 0 Å². The van der Waals surface area contributed by atoms with Gasteiger partial charge in [-0.15, -0.1) is 5.10 Å². The van der Waals surface area contributed by atoms with E-state index in [0.29, 0.717) is 28.5 Å². The Labute approximate surface area is 203 Å². The molecule has 1 amide bonds. The van der Waals surface area contributed by atoms with E-state index in [4.69, 9.17) is 9.15 Å². The maximum absolute atomic E-state index is 13.2. The maximum Gasteiger partial charge on any atom is 0.316 e. The third-order valence-electron chi connectivity index (χ3n) is 5.04. The molecule has 0 aliphatic heterocycles. The van der Waals surface area contributed by atoms with Gasteiger partial charge in [0, 0.05) is 30.6 Å². The molecule has 36 heavy (non-hydrogen) atoms. The highest BCUT2D eigenvalue weighted by molar-refractivity contribution is 6.05. The lowest BCUT2D eigenvalue weighted by Gasteiger charge is -2.13. The van der Waals surface area contributed by atoms with Gasteiger partial charge in [0.15, 0.2) is 0 Å². The van der Waals surface area contributed by atoms with Gasteiger partial charge in [-0.2, -0.15) is 0 Å². The van der Waals surface area contributed by atoms with Crippen LogP contribution < -0.4 is 15.5 Å². The summed E-state index contributed by atoms with van der Waals surface area (Å²) in [5.74, 6) is 5.81. The number of carbonyl (C=O) groups excluding carboxylic acids is 1. The van der Waals surface area contributed by atoms with Crippen LogP contribution in [0.25, 0.3) is 16.7 Å². The van der Waals surface area contributed by atoms with Crippen LogP contribution in [-0.2, 0) is 0 Å². The average molecular weight is 479 g/mol. The zero-order valence-electron chi connectivity index (χ0n) is 19.1. The topological polar surface area (TPSA) is 138 Å². The zero-order valence-corrected chi connectivity index (χ0v) is 19.1. The summed E-state index contributed by atoms with van der Waals surface area (Å²) in [6, 6.07) is 10.7. The summed E-state index contributed by atoms with van der Waals surface area (Å²) in [7, 11) is 1.44. The molecule has 0 atom stereocenters. The molecular formula is C25H17N7O4. The first-order valence-corrected chi connectivity index (χ1v) is 10.6. The van der Waals surface area contributed by atoms with Crippen molar-refractivity contribution < 1.29 is 13.9 Å². The number of nitrogens with zero attached hydrogens (tertiary/aromatic N) is 6. The van der Waals surface area contributed by atoms with Crippen LogP contribution in [0, 0.1) is 18.8 Å². The smallest absolute Gasteiger partial charge is 0.316 e. The van der Waals surface area contributed by atoms with Crippen molar-refractivity contribution in [3.63, 3.8) is 0 Å². The van der Waals surface area contributed by atoms with Crippen molar-refractivity contribution in [3.05, 3.63) is 94.3 Å². The standard InChI is InChI=1S/C25H17N7O4/c1-15-30-31-21(36-15)9-8-16-5-3-6-18(11-16)32-14-20(22(33)19-7-4-10-26-23(19)32)24(34)29-17-12-27-25(35-2)28-13-17/h3-7,10-14H,1-2H3,(H,29,34). The fourth-order valence-electron chi connectivity index (χ4n) is 3.41. The van der Waals surface area contributed by atoms with Gasteiger partial charge < -0.3 is 19.0 Å². The Kier molecular flexibility index (Phi) is 5.90. The van der Waals surface area contributed by atoms with Crippen LogP contribution >= 0.6 is 0 Å². The quantitative estimate of drug-likeness (QED) is 0.385. The molecule has 1 aromatic carbocycles. The third-order valence-corrected chi connectivity index (χ3v) is 5.04. The monoisotopic (exact) mass is 479 g/mol. The maximum atomic E-state index is 13.2. The van der Waals surface area contributed by atoms with E-state index in [2.05, 4.69) is 42.3 Å². The number of nitrogens with one attached hydrogen (secondary N) is 1. The number of methoxy groups -OCH3 is 1. The van der Waals surface area contributed by atoms with Crippen LogP contribution in [0.1, 0.15) is 27.7 Å². The molecule has 11 nitrogen and oxygen atoms in total. The fourth-order valence-corrected chi connectivity index (χ4v) is 3.41. The predicted octanol–water partition coefficient (Wildman–Crippen LogP) is 2.53. The van der Waals surface area contributed by atoms with Gasteiger partial charge >= 0.3 is 6.01 Å². The lowest BCUT2D eigenvalue weighted by molar-refractivity contribution is 0.102. The lowest BCUT2D eigenvalue weighted by atomic mass is 10.1. The van der Waals surface area contributed by atoms with E-state index in [-0.39, 0.29) is 22.9 Å². The molecule has 1 N–H and O–H groups in total. The lowest BCUT2D eigenvalue weighted by Crippen LogP contribution is -2.24. The Hall–Kier alpha value is -5.37. The first-order valence-electron chi connectivity index (χ1n) is 10.6. The molecule has 0 aliphatic carbocycles. The summed E-state index contributed by atoms with van der Waals surface area (Å²) in [5.41, 5.74) is 1.48. The number of aromatic nitrogens is 6. The van der Waals surface area contributed by atoms with Crippen LogP contribution in [0.2, 0.25) is 0 Å². The first kappa shape index (κ1) is 22.4. The number of hydrogen-bond acceptors (Lipinski definition) is 9. The average Bonchev–Trinajstić information content (AvgIpc) is 3.33. The van der Waals surface area contributed by atoms with Crippen molar-refractivity contribution in [1.82, 2.24) is 29.7 Å². The number of rotatable bonds is 4. The van der Waals surface area contributed by atoms with Gasteiger partial charge in [0.2, 0.25) is 11.3 Å². The molecule has 4 aromatic heterocycles. The summed E-state index contributed by atoms with van der Waals surface area (Å²) in [6.45, 7) is 1.68. The number of amides is 1. The SMILES string of the molecule is COc1ncc(NC(=O)c2cn(-c3cccc(C#Cc4nnc(C)o4)c3)c3ncccc3c2=O)cn1. The van der Waals surface area contributed by atoms with Gasteiger partial charge in [0.05, 0.1) is 30.6 Å². The van der Waals surface area contributed by atoms with Crippen molar-refractivity contribution in [2.75, 3.05) is 12.4 Å². The number of pyridine rings is 2. The van der Waals surface area contributed by atoms with Gasteiger partial charge in [0.25, 0.3) is 11.8 Å². The summed E-state index contributed by atoms with van der Waals surface area (Å²) < 4.78 is 11.9. The highest BCUT2D eigenvalue weighted by Crippen LogP contribution is 2.18. The Bertz CT molecular complexity index is 1710. The van der Waals surface area contributed by atoms with Crippen molar-refractivity contribution in [3.8, 4) is 23.5 Å². The second kappa shape index (κ2) is 9.47. The molecular weight excluding hydrogens is 462 g/mol. The van der Waals surface area contributed by atoms with E-state index in [1.165, 1.54) is 25.7 Å². The number of carbonyl (C=O) groups is 1. The van der Waals surface area contributed by atoms with E-state index in [1.807, 2.05) is 12.1 Å². The number of anilines is 1. The number of benzene rings is 1. The Balaban J connectivity index is 1.56. The van der Waals surface area contributed by atoms with Gasteiger partial charge in [-0.25, -0.2) is 15.0 Å². The Morgan fingerprint density at radius 3 is 2.67 bits per heavy atom. The van der Waals surface area contributed by atoms with E-state index in [0.717, 1.165) is 0 Å². The molecule has 0 unspecified atom stereocenters. The highest BCUT2D eigenvalue weighted by Gasteiger charge is 2.17. The van der Waals surface area contributed by atoms with Crippen LogP contribution in [-0.4, -0.2) is 42.7 Å². The molecule has 0 spiro atoms. The molecule has 4 heterocycles. The van der Waals surface area contributed by atoms with Gasteiger partial charge in [0.1, 0.15) is 11.2 Å². The second-order valence-corrected chi connectivity index (χ2v) is 7.46. The molecule has 0 saturated heterocycles. The molecule has 176 valence electrons. The molecule has 11 heteroatoms. The summed E-state index contributed by atoms with van der Waals surface area (Å²) in [6.07, 6.45) is 5.80. The number of hydrogen-bond donors (Lipinski definition) is 1. The fraction of sp³-hybridized carbons (Fsp3) is 0.0800. The zero-order chi connectivity index (χ0) is 25.1. The minimum atomic E-state index is -0.615. The minimum Gasteiger partial charge on any atom is -0.467 e. The second-order valence-electron chi connectivity index (χ2n) is 7.46. The third kappa shape index (κ3) is 4.51. The van der Waals surface area contributed by atoms with Crippen molar-refractivity contribution in [2.24, 2.45) is 0 Å². The van der Waals surface area contributed by atoms with E-state index in [1.54, 1.807) is 42.0 Å². The molecule has 0 saturated carbocycles. The van der Waals surface area contributed by atoms with Gasteiger partial charge in [-0.05, 0) is 36.3 Å². The van der Waals surface area contributed by atoms with Crippen molar-refractivity contribution in [2.45, 2.75) is 6.92 Å². The van der Waals surface area contributed by atoms with Crippen LogP contribution in [0.4, 0.5) is 5.69 Å². The molecule has 0 bridgehead atoms. The largest absolute Gasteiger partial charge is 0.467 e. The normalized spacial score (nSPS) is 10.5. The van der Waals surface area contributed by atoms with E-state index < -0.39 is 11.3 Å². The molecule has 0 fully saturated rings. The summed E-state index contributed by atoms with van der Waals surface area (Å²) in [5, 5.41) is 10.6. The molecule has 5 aromatic rings.